The smallest absolute Gasteiger partial charge is 0.320 e. The van der Waals surface area contributed by atoms with E-state index < -0.39 is 5.37 Å². The number of amides is 1. The van der Waals surface area contributed by atoms with Gasteiger partial charge in [0.05, 0.1) is 10.7 Å². The summed E-state index contributed by atoms with van der Waals surface area (Å²) in [5, 5.41) is 0.147. The number of carbonyl (C=O) groups is 1. The molecule has 0 N–H and O–H groups in total. The topological polar surface area (TPSA) is 29.5 Å². The van der Waals surface area contributed by atoms with E-state index in [4.69, 9.17) is 39.5 Å². The first-order chi connectivity index (χ1) is 10.1. The number of benzene rings is 2. The molecule has 21 heavy (non-hydrogen) atoms. The maximum absolute atomic E-state index is 11.7. The summed E-state index contributed by atoms with van der Waals surface area (Å²) >= 11 is 17.9. The molecule has 6 heteroatoms. The van der Waals surface area contributed by atoms with E-state index in [1.54, 1.807) is 12.1 Å². The highest BCUT2D eigenvalue weighted by Gasteiger charge is 2.24. The van der Waals surface area contributed by atoms with Crippen LogP contribution in [-0.4, -0.2) is 11.9 Å². The number of anilines is 1. The van der Waals surface area contributed by atoms with Crippen LogP contribution >= 0.6 is 34.8 Å². The Kier molecular flexibility index (Phi) is 3.98. The Labute approximate surface area is 137 Å². The molecule has 0 saturated heterocycles. The average molecular weight is 343 g/mol. The highest BCUT2D eigenvalue weighted by Crippen LogP contribution is 2.43. The fourth-order valence-corrected chi connectivity index (χ4v) is 3.00. The predicted molar refractivity (Wildman–Crippen MR) is 85.3 cm³/mol. The van der Waals surface area contributed by atoms with Gasteiger partial charge >= 0.3 is 5.37 Å². The van der Waals surface area contributed by atoms with Crippen LogP contribution in [0.1, 0.15) is 5.56 Å². The maximum atomic E-state index is 11.7. The van der Waals surface area contributed by atoms with Crippen molar-refractivity contribution in [3.63, 3.8) is 0 Å². The zero-order valence-electron chi connectivity index (χ0n) is 10.8. The monoisotopic (exact) mass is 341 g/mol. The van der Waals surface area contributed by atoms with Crippen LogP contribution < -0.4 is 9.64 Å². The van der Waals surface area contributed by atoms with Gasteiger partial charge in [0.15, 0.2) is 5.75 Å². The van der Waals surface area contributed by atoms with Crippen molar-refractivity contribution in [1.29, 1.82) is 0 Å². The normalized spacial score (nSPS) is 13.6. The van der Waals surface area contributed by atoms with Crippen molar-refractivity contribution in [2.45, 2.75) is 6.42 Å². The van der Waals surface area contributed by atoms with E-state index in [0.29, 0.717) is 40.2 Å². The number of carbonyl (C=O) groups excluding carboxylic acids is 1. The molecule has 3 nitrogen and oxygen atoms in total. The second-order valence-corrected chi connectivity index (χ2v) is 5.77. The van der Waals surface area contributed by atoms with Crippen molar-refractivity contribution in [3.8, 4) is 11.5 Å². The van der Waals surface area contributed by atoms with Gasteiger partial charge in [-0.2, -0.15) is 0 Å². The molecule has 108 valence electrons. The van der Waals surface area contributed by atoms with Crippen LogP contribution in [0.15, 0.2) is 36.4 Å². The summed E-state index contributed by atoms with van der Waals surface area (Å²) in [6.07, 6.45) is 0.623. The molecule has 3 rings (SSSR count). The van der Waals surface area contributed by atoms with Gasteiger partial charge in [0, 0.05) is 11.6 Å². The summed E-state index contributed by atoms with van der Waals surface area (Å²) in [6.45, 7) is 0.423. The van der Waals surface area contributed by atoms with Gasteiger partial charge in [0.2, 0.25) is 0 Å². The first-order valence-electron chi connectivity index (χ1n) is 6.28. The highest BCUT2D eigenvalue weighted by molar-refractivity contribution is 6.66. The number of hydrogen-bond acceptors (Lipinski definition) is 2. The number of fused-ring (bicyclic) bond motifs is 2. The van der Waals surface area contributed by atoms with E-state index >= 15 is 0 Å². The SMILES string of the molecule is O=C(Cl)N1CCc2ccccc2Oc2c(Cl)cc(Cl)cc21. The van der Waals surface area contributed by atoms with Crippen molar-refractivity contribution in [1.82, 2.24) is 0 Å². The number of hydrogen-bond donors (Lipinski definition) is 0. The summed E-state index contributed by atoms with van der Waals surface area (Å²) < 4.78 is 5.91. The Morgan fingerprint density at radius 3 is 2.71 bits per heavy atom. The van der Waals surface area contributed by atoms with Crippen LogP contribution in [-0.2, 0) is 6.42 Å². The molecule has 0 aliphatic carbocycles. The molecule has 0 radical (unpaired) electrons. The van der Waals surface area contributed by atoms with Crippen LogP contribution in [0.4, 0.5) is 10.5 Å². The minimum absolute atomic E-state index is 0.331. The molecule has 0 spiro atoms. The largest absolute Gasteiger partial charge is 0.453 e. The van der Waals surface area contributed by atoms with Crippen molar-refractivity contribution in [2.24, 2.45) is 0 Å². The third-order valence-corrected chi connectivity index (χ3v) is 3.98. The fourth-order valence-electron chi connectivity index (χ4n) is 2.30. The van der Waals surface area contributed by atoms with Crippen LogP contribution in [0, 0.1) is 0 Å². The maximum Gasteiger partial charge on any atom is 0.320 e. The van der Waals surface area contributed by atoms with Gasteiger partial charge in [-0.05, 0) is 41.8 Å². The van der Waals surface area contributed by atoms with Crippen LogP contribution in [0.2, 0.25) is 10.0 Å². The summed E-state index contributed by atoms with van der Waals surface area (Å²) in [5.41, 5.74) is 1.46. The first-order valence-corrected chi connectivity index (χ1v) is 7.41. The van der Waals surface area contributed by atoms with E-state index in [1.165, 1.54) is 4.90 Å². The Morgan fingerprint density at radius 1 is 1.19 bits per heavy atom. The molecule has 2 aromatic carbocycles. The van der Waals surface area contributed by atoms with Gasteiger partial charge in [-0.3, -0.25) is 9.69 Å². The fraction of sp³-hybridized carbons (Fsp3) is 0.133. The Morgan fingerprint density at radius 2 is 1.95 bits per heavy atom. The van der Waals surface area contributed by atoms with Crippen molar-refractivity contribution < 1.29 is 9.53 Å². The van der Waals surface area contributed by atoms with Crippen molar-refractivity contribution in [3.05, 3.63) is 52.0 Å². The molecule has 0 bridgehead atoms. The van der Waals surface area contributed by atoms with Crippen LogP contribution in [0.3, 0.4) is 0 Å². The first kappa shape index (κ1) is 14.5. The molecule has 0 aromatic heterocycles. The third-order valence-electron chi connectivity index (χ3n) is 3.28. The average Bonchev–Trinajstić information content (AvgIpc) is 2.41. The van der Waals surface area contributed by atoms with Gasteiger partial charge in [0.25, 0.3) is 0 Å². The standard InChI is InChI=1S/C15H10Cl3NO2/c16-10-7-11(17)14-12(8-10)19(15(18)20)6-5-9-3-1-2-4-13(9)21-14/h1-4,7-8H,5-6H2. The molecular formula is C15H10Cl3NO2. The van der Waals surface area contributed by atoms with Crippen LogP contribution in [0.25, 0.3) is 0 Å². The molecule has 1 amide bonds. The number of para-hydroxylation sites is 1. The Hall–Kier alpha value is -1.42. The molecule has 0 atom stereocenters. The molecule has 1 aliphatic rings. The zero-order chi connectivity index (χ0) is 15.0. The van der Waals surface area contributed by atoms with E-state index in [0.717, 1.165) is 5.56 Å². The molecule has 0 fully saturated rings. The van der Waals surface area contributed by atoms with Gasteiger partial charge < -0.3 is 4.74 Å². The molecule has 0 unspecified atom stereocenters. The van der Waals surface area contributed by atoms with Gasteiger partial charge in [-0.25, -0.2) is 0 Å². The lowest BCUT2D eigenvalue weighted by atomic mass is 10.1. The summed E-state index contributed by atoms with van der Waals surface area (Å²) in [7, 11) is 0. The second-order valence-electron chi connectivity index (χ2n) is 4.60. The van der Waals surface area contributed by atoms with Crippen molar-refractivity contribution >= 4 is 45.9 Å². The molecule has 1 aliphatic heterocycles. The van der Waals surface area contributed by atoms with Gasteiger partial charge in [0.1, 0.15) is 5.75 Å². The molecule has 2 aromatic rings. The lowest BCUT2D eigenvalue weighted by molar-refractivity contribution is 0.264. The minimum Gasteiger partial charge on any atom is -0.453 e. The molecular weight excluding hydrogens is 333 g/mol. The van der Waals surface area contributed by atoms with Gasteiger partial charge in [-0.15, -0.1) is 0 Å². The third kappa shape index (κ3) is 2.82. The number of nitrogens with zero attached hydrogens (tertiary/aromatic N) is 1. The summed E-state index contributed by atoms with van der Waals surface area (Å²) in [4.78, 5) is 13.1. The summed E-state index contributed by atoms with van der Waals surface area (Å²) in [6, 6.07) is 10.8. The zero-order valence-corrected chi connectivity index (χ0v) is 13.0. The summed E-state index contributed by atoms with van der Waals surface area (Å²) in [5.74, 6) is 1.09. The van der Waals surface area contributed by atoms with Gasteiger partial charge in [-0.1, -0.05) is 41.4 Å². The number of halogens is 3. The highest BCUT2D eigenvalue weighted by atomic mass is 35.5. The quantitative estimate of drug-likeness (QED) is 0.467. The Bertz CT molecular complexity index is 718. The molecule has 1 heterocycles. The number of rotatable bonds is 0. The Balaban J connectivity index is 2.19. The molecule has 0 saturated carbocycles. The van der Waals surface area contributed by atoms with E-state index in [2.05, 4.69) is 0 Å². The predicted octanol–water partition coefficient (Wildman–Crippen LogP) is 5.51. The second kappa shape index (κ2) is 5.76. The lowest BCUT2D eigenvalue weighted by Gasteiger charge is -2.27. The van der Waals surface area contributed by atoms with E-state index in [1.807, 2.05) is 24.3 Å². The minimum atomic E-state index is -0.599. The van der Waals surface area contributed by atoms with E-state index in [9.17, 15) is 4.79 Å². The number of ether oxygens (including phenoxy) is 1. The van der Waals surface area contributed by atoms with E-state index in [-0.39, 0.29) is 0 Å². The lowest BCUT2D eigenvalue weighted by Crippen LogP contribution is -2.29. The van der Waals surface area contributed by atoms with Crippen molar-refractivity contribution in [2.75, 3.05) is 11.4 Å². The van der Waals surface area contributed by atoms with Crippen LogP contribution in [0.5, 0.6) is 11.5 Å².